The molecule has 1 aromatic carbocycles. The molecule has 106 valence electrons. The fourth-order valence-corrected chi connectivity index (χ4v) is 1.46. The molecule has 0 saturated heterocycles. The van der Waals surface area contributed by atoms with E-state index in [1.54, 1.807) is 14.2 Å². The van der Waals surface area contributed by atoms with Crippen LogP contribution in [0, 0.1) is 0 Å². The molecule has 1 rings (SSSR count). The number of ether oxygens (including phenoxy) is 3. The Morgan fingerprint density at radius 2 is 1.68 bits per heavy atom. The maximum Gasteiger partial charge on any atom is 0.250 e. The molecule has 0 fully saturated rings. The van der Waals surface area contributed by atoms with Gasteiger partial charge in [-0.15, -0.1) is 0 Å². The smallest absolute Gasteiger partial charge is 0.250 e. The molecule has 0 heterocycles. The molecule has 1 aromatic rings. The van der Waals surface area contributed by atoms with Crippen molar-refractivity contribution in [2.75, 3.05) is 45.1 Å². The molecule has 6 nitrogen and oxygen atoms in total. The minimum Gasteiger partial charge on any atom is -0.380 e. The first kappa shape index (κ1) is 15.4. The van der Waals surface area contributed by atoms with E-state index < -0.39 is 0 Å². The Bertz CT molecular complexity index is 377. The first-order valence-corrected chi connectivity index (χ1v) is 5.88. The van der Waals surface area contributed by atoms with Gasteiger partial charge in [0.05, 0.1) is 6.54 Å². The van der Waals surface area contributed by atoms with Gasteiger partial charge in [0.1, 0.15) is 6.61 Å². The Morgan fingerprint density at radius 3 is 2.21 bits per heavy atom. The van der Waals surface area contributed by atoms with E-state index in [4.69, 9.17) is 14.2 Å². The van der Waals surface area contributed by atoms with Crippen molar-refractivity contribution in [3.8, 4) is 0 Å². The molecule has 2 N–H and O–H groups in total. The van der Waals surface area contributed by atoms with Crippen LogP contribution in [0.5, 0.6) is 0 Å². The van der Waals surface area contributed by atoms with Crippen LogP contribution in [0.15, 0.2) is 24.3 Å². The van der Waals surface area contributed by atoms with Crippen molar-refractivity contribution in [3.05, 3.63) is 24.3 Å². The molecule has 19 heavy (non-hydrogen) atoms. The summed E-state index contributed by atoms with van der Waals surface area (Å²) >= 11 is 0. The quantitative estimate of drug-likeness (QED) is 0.696. The van der Waals surface area contributed by atoms with Gasteiger partial charge in [0.25, 0.3) is 0 Å². The summed E-state index contributed by atoms with van der Waals surface area (Å²) in [5.74, 6) is -0.179. The molecule has 0 unspecified atom stereocenters. The summed E-state index contributed by atoms with van der Waals surface area (Å²) in [5.41, 5.74) is 1.64. The zero-order chi connectivity index (χ0) is 14.1. The number of carbonyl (C=O) groups excluding carboxylic acids is 1. The molecule has 0 aliphatic rings. The van der Waals surface area contributed by atoms with Crippen LogP contribution < -0.4 is 10.6 Å². The number of benzene rings is 1. The van der Waals surface area contributed by atoms with Crippen molar-refractivity contribution in [2.45, 2.75) is 6.29 Å². The summed E-state index contributed by atoms with van der Waals surface area (Å²) in [7, 11) is 4.66. The summed E-state index contributed by atoms with van der Waals surface area (Å²) in [4.78, 5) is 11.3. The number of amides is 1. The van der Waals surface area contributed by atoms with Crippen LogP contribution in [0.2, 0.25) is 0 Å². The summed E-state index contributed by atoms with van der Waals surface area (Å²) in [6, 6.07) is 7.35. The molecule has 0 aliphatic carbocycles. The first-order valence-electron chi connectivity index (χ1n) is 5.88. The number of rotatable bonds is 8. The van der Waals surface area contributed by atoms with Gasteiger partial charge in [0.2, 0.25) is 5.91 Å². The molecular formula is C13H20N2O4. The number of nitrogens with one attached hydrogen (secondary N) is 2. The van der Waals surface area contributed by atoms with Gasteiger partial charge in [0, 0.05) is 32.7 Å². The SMILES string of the molecule is COCC(=O)Nc1ccc(NCC(OC)OC)cc1. The van der Waals surface area contributed by atoms with E-state index in [0.29, 0.717) is 6.54 Å². The van der Waals surface area contributed by atoms with Crippen molar-refractivity contribution >= 4 is 17.3 Å². The Labute approximate surface area is 113 Å². The van der Waals surface area contributed by atoms with E-state index in [1.807, 2.05) is 24.3 Å². The highest BCUT2D eigenvalue weighted by atomic mass is 16.7. The first-order chi connectivity index (χ1) is 9.19. The Balaban J connectivity index is 2.45. The van der Waals surface area contributed by atoms with Gasteiger partial charge in [0.15, 0.2) is 6.29 Å². The average Bonchev–Trinajstić information content (AvgIpc) is 2.42. The van der Waals surface area contributed by atoms with Crippen LogP contribution in [0.3, 0.4) is 0 Å². The van der Waals surface area contributed by atoms with E-state index in [0.717, 1.165) is 11.4 Å². The van der Waals surface area contributed by atoms with Crippen molar-refractivity contribution in [3.63, 3.8) is 0 Å². The maximum absolute atomic E-state index is 11.3. The monoisotopic (exact) mass is 268 g/mol. The third-order valence-corrected chi connectivity index (χ3v) is 2.44. The fourth-order valence-electron chi connectivity index (χ4n) is 1.46. The summed E-state index contributed by atoms with van der Waals surface area (Å²) in [5, 5.41) is 5.88. The van der Waals surface area contributed by atoms with Crippen LogP contribution >= 0.6 is 0 Å². The van der Waals surface area contributed by atoms with Crippen LogP contribution in [-0.2, 0) is 19.0 Å². The molecule has 0 aromatic heterocycles. The molecule has 0 atom stereocenters. The summed E-state index contributed by atoms with van der Waals surface area (Å²) in [6.07, 6.45) is -0.291. The lowest BCUT2D eigenvalue weighted by molar-refractivity contribution is -0.119. The van der Waals surface area contributed by atoms with Gasteiger partial charge in [-0.3, -0.25) is 4.79 Å². The number of carbonyl (C=O) groups is 1. The van der Waals surface area contributed by atoms with Gasteiger partial charge >= 0.3 is 0 Å². The zero-order valence-corrected chi connectivity index (χ0v) is 11.4. The number of hydrogen-bond acceptors (Lipinski definition) is 5. The van der Waals surface area contributed by atoms with Crippen LogP contribution in [0.1, 0.15) is 0 Å². The second kappa shape index (κ2) is 8.47. The lowest BCUT2D eigenvalue weighted by Crippen LogP contribution is -2.23. The predicted molar refractivity (Wildman–Crippen MR) is 73.2 cm³/mol. The van der Waals surface area contributed by atoms with Crippen molar-refractivity contribution in [1.82, 2.24) is 0 Å². The van der Waals surface area contributed by atoms with Gasteiger partial charge in [-0.1, -0.05) is 0 Å². The molecule has 1 amide bonds. The second-order valence-corrected chi connectivity index (χ2v) is 3.84. The highest BCUT2D eigenvalue weighted by molar-refractivity contribution is 5.91. The lowest BCUT2D eigenvalue weighted by atomic mass is 10.2. The Morgan fingerprint density at radius 1 is 1.11 bits per heavy atom. The van der Waals surface area contributed by atoms with Crippen LogP contribution in [0.25, 0.3) is 0 Å². The molecule has 0 aliphatic heterocycles. The largest absolute Gasteiger partial charge is 0.380 e. The number of methoxy groups -OCH3 is 3. The van der Waals surface area contributed by atoms with Gasteiger partial charge in [-0.25, -0.2) is 0 Å². The molecule has 0 saturated carbocycles. The second-order valence-electron chi connectivity index (χ2n) is 3.84. The third-order valence-electron chi connectivity index (χ3n) is 2.44. The highest BCUT2D eigenvalue weighted by Gasteiger charge is 2.04. The summed E-state index contributed by atoms with van der Waals surface area (Å²) < 4.78 is 14.9. The third kappa shape index (κ3) is 5.69. The molecular weight excluding hydrogens is 248 g/mol. The average molecular weight is 268 g/mol. The van der Waals surface area contributed by atoms with Crippen LogP contribution in [-0.4, -0.2) is 46.7 Å². The van der Waals surface area contributed by atoms with Crippen LogP contribution in [0.4, 0.5) is 11.4 Å². The van der Waals surface area contributed by atoms with Gasteiger partial charge in [-0.2, -0.15) is 0 Å². The molecule has 0 radical (unpaired) electrons. The van der Waals surface area contributed by atoms with Crippen molar-refractivity contribution < 1.29 is 19.0 Å². The van der Waals surface area contributed by atoms with Gasteiger partial charge < -0.3 is 24.8 Å². The van der Waals surface area contributed by atoms with Crippen molar-refractivity contribution in [1.29, 1.82) is 0 Å². The van der Waals surface area contributed by atoms with E-state index in [-0.39, 0.29) is 18.8 Å². The van der Waals surface area contributed by atoms with E-state index >= 15 is 0 Å². The molecule has 0 bridgehead atoms. The normalized spacial score (nSPS) is 10.5. The number of hydrogen-bond donors (Lipinski definition) is 2. The highest BCUT2D eigenvalue weighted by Crippen LogP contribution is 2.13. The van der Waals surface area contributed by atoms with E-state index in [1.165, 1.54) is 7.11 Å². The molecule has 6 heteroatoms. The predicted octanol–water partition coefficient (Wildman–Crippen LogP) is 1.30. The maximum atomic E-state index is 11.3. The summed E-state index contributed by atoms with van der Waals surface area (Å²) in [6.45, 7) is 0.589. The molecule has 0 spiro atoms. The minimum atomic E-state index is -0.291. The van der Waals surface area contributed by atoms with Gasteiger partial charge in [-0.05, 0) is 24.3 Å². The minimum absolute atomic E-state index is 0.0450. The number of anilines is 2. The Kier molecular flexibility index (Phi) is 6.88. The lowest BCUT2D eigenvalue weighted by Gasteiger charge is -2.15. The topological polar surface area (TPSA) is 68.8 Å². The van der Waals surface area contributed by atoms with E-state index in [9.17, 15) is 4.79 Å². The fraction of sp³-hybridized carbons (Fsp3) is 0.462. The van der Waals surface area contributed by atoms with E-state index in [2.05, 4.69) is 10.6 Å². The van der Waals surface area contributed by atoms with Crippen molar-refractivity contribution in [2.24, 2.45) is 0 Å². The zero-order valence-electron chi connectivity index (χ0n) is 11.4. The standard InChI is InChI=1S/C13H20N2O4/c1-17-9-12(16)15-11-6-4-10(5-7-11)14-8-13(18-2)19-3/h4-7,13-14H,8-9H2,1-3H3,(H,15,16). The Hall–Kier alpha value is -1.63.